The minimum atomic E-state index is -0.786. The predicted molar refractivity (Wildman–Crippen MR) is 87.8 cm³/mol. The van der Waals surface area contributed by atoms with Crippen LogP contribution in [0.5, 0.6) is 0 Å². The van der Waals surface area contributed by atoms with E-state index in [-0.39, 0.29) is 24.4 Å². The van der Waals surface area contributed by atoms with E-state index in [9.17, 15) is 14.3 Å². The van der Waals surface area contributed by atoms with E-state index in [1.54, 1.807) is 30.6 Å². The fourth-order valence-corrected chi connectivity index (χ4v) is 3.03. The highest BCUT2D eigenvalue weighted by Crippen LogP contribution is 2.30. The summed E-state index contributed by atoms with van der Waals surface area (Å²) in [4.78, 5) is 16.0. The number of halogens is 1. The summed E-state index contributed by atoms with van der Waals surface area (Å²) >= 11 is 0. The number of aromatic nitrogens is 1. The van der Waals surface area contributed by atoms with Gasteiger partial charge in [-0.1, -0.05) is 6.07 Å². The van der Waals surface area contributed by atoms with Crippen LogP contribution in [0.2, 0.25) is 0 Å². The van der Waals surface area contributed by atoms with Crippen molar-refractivity contribution in [3.8, 4) is 0 Å². The molecule has 6 heteroatoms. The molecular weight excluding hydrogens is 309 g/mol. The standard InChI is InChI=1S/C18H20FN3O2/c19-14-4-5-15-13(10-14)2-1-3-16(15)22-18(24)21-11-17(23)12-6-8-20-9-7-12/h4-10,16-17,23H,1-3,11H2,(H2,21,22,24). The van der Waals surface area contributed by atoms with E-state index in [1.165, 1.54) is 12.1 Å². The molecule has 2 atom stereocenters. The van der Waals surface area contributed by atoms with Crippen molar-refractivity contribution in [2.45, 2.75) is 31.4 Å². The molecule has 1 heterocycles. The minimum Gasteiger partial charge on any atom is -0.387 e. The van der Waals surface area contributed by atoms with Crippen molar-refractivity contribution >= 4 is 6.03 Å². The number of fused-ring (bicyclic) bond motifs is 1. The molecule has 2 unspecified atom stereocenters. The van der Waals surface area contributed by atoms with Gasteiger partial charge in [-0.15, -0.1) is 0 Å². The second-order valence-electron chi connectivity index (χ2n) is 5.94. The summed E-state index contributed by atoms with van der Waals surface area (Å²) in [6, 6.07) is 7.63. The van der Waals surface area contributed by atoms with Gasteiger partial charge in [0.15, 0.2) is 0 Å². The second-order valence-corrected chi connectivity index (χ2v) is 5.94. The maximum atomic E-state index is 13.3. The van der Waals surface area contributed by atoms with Gasteiger partial charge in [-0.25, -0.2) is 9.18 Å². The van der Waals surface area contributed by atoms with E-state index in [1.807, 2.05) is 0 Å². The summed E-state index contributed by atoms with van der Waals surface area (Å²) in [5.74, 6) is -0.251. The van der Waals surface area contributed by atoms with E-state index in [0.29, 0.717) is 5.56 Å². The predicted octanol–water partition coefficient (Wildman–Crippen LogP) is 2.63. The van der Waals surface area contributed by atoms with Crippen molar-refractivity contribution in [3.05, 3.63) is 65.2 Å². The molecule has 5 nitrogen and oxygen atoms in total. The van der Waals surface area contributed by atoms with Gasteiger partial charge in [0.1, 0.15) is 5.82 Å². The Morgan fingerprint density at radius 1 is 1.33 bits per heavy atom. The number of hydrogen-bond donors (Lipinski definition) is 3. The first-order valence-electron chi connectivity index (χ1n) is 8.04. The molecule has 0 spiro atoms. The molecule has 0 aliphatic heterocycles. The molecule has 0 saturated heterocycles. The SMILES string of the molecule is O=C(NCC(O)c1ccncc1)NC1CCCc2cc(F)ccc21. The van der Waals surface area contributed by atoms with Crippen molar-refractivity contribution in [1.29, 1.82) is 0 Å². The molecule has 0 fully saturated rings. The summed E-state index contributed by atoms with van der Waals surface area (Å²) in [5, 5.41) is 15.6. The van der Waals surface area contributed by atoms with Gasteiger partial charge in [0, 0.05) is 18.9 Å². The number of nitrogens with one attached hydrogen (secondary N) is 2. The number of benzene rings is 1. The number of aryl methyl sites for hydroxylation is 1. The third-order valence-electron chi connectivity index (χ3n) is 4.27. The Kier molecular flexibility index (Phi) is 5.05. The Morgan fingerprint density at radius 3 is 2.92 bits per heavy atom. The first-order chi connectivity index (χ1) is 11.6. The van der Waals surface area contributed by atoms with Crippen LogP contribution < -0.4 is 10.6 Å². The van der Waals surface area contributed by atoms with Gasteiger partial charge < -0.3 is 15.7 Å². The van der Waals surface area contributed by atoms with Crippen molar-refractivity contribution in [2.24, 2.45) is 0 Å². The molecule has 1 aromatic heterocycles. The molecule has 3 rings (SSSR count). The fraction of sp³-hybridized carbons (Fsp3) is 0.333. The topological polar surface area (TPSA) is 74.2 Å². The van der Waals surface area contributed by atoms with E-state index < -0.39 is 6.10 Å². The van der Waals surface area contributed by atoms with Crippen molar-refractivity contribution in [2.75, 3.05) is 6.54 Å². The average Bonchev–Trinajstić information content (AvgIpc) is 2.60. The quantitative estimate of drug-likeness (QED) is 0.807. The minimum absolute atomic E-state index is 0.110. The van der Waals surface area contributed by atoms with Crippen LogP contribution in [0.4, 0.5) is 9.18 Å². The Hall–Kier alpha value is -2.47. The maximum absolute atomic E-state index is 13.3. The number of nitrogens with zero attached hydrogens (tertiary/aromatic N) is 1. The van der Waals surface area contributed by atoms with Crippen LogP contribution in [0.1, 0.15) is 41.7 Å². The third-order valence-corrected chi connectivity index (χ3v) is 4.27. The molecule has 0 radical (unpaired) electrons. The van der Waals surface area contributed by atoms with E-state index in [4.69, 9.17) is 0 Å². The van der Waals surface area contributed by atoms with E-state index >= 15 is 0 Å². The maximum Gasteiger partial charge on any atom is 0.315 e. The summed E-state index contributed by atoms with van der Waals surface area (Å²) < 4.78 is 13.3. The number of urea groups is 1. The largest absolute Gasteiger partial charge is 0.387 e. The number of aliphatic hydroxyl groups is 1. The van der Waals surface area contributed by atoms with E-state index in [0.717, 1.165) is 30.4 Å². The highest BCUT2D eigenvalue weighted by Gasteiger charge is 2.22. The summed E-state index contributed by atoms with van der Waals surface area (Å²) in [6.07, 6.45) is 4.95. The molecule has 2 aromatic rings. The van der Waals surface area contributed by atoms with Crippen molar-refractivity contribution < 1.29 is 14.3 Å². The molecule has 1 aromatic carbocycles. The second kappa shape index (κ2) is 7.40. The van der Waals surface area contributed by atoms with Crippen LogP contribution in [0, 0.1) is 5.82 Å². The molecular formula is C18H20FN3O2. The lowest BCUT2D eigenvalue weighted by molar-refractivity contribution is 0.172. The van der Waals surface area contributed by atoms with Gasteiger partial charge in [-0.3, -0.25) is 4.98 Å². The van der Waals surface area contributed by atoms with Crippen molar-refractivity contribution in [3.63, 3.8) is 0 Å². The zero-order valence-electron chi connectivity index (χ0n) is 13.2. The molecule has 3 N–H and O–H groups in total. The lowest BCUT2D eigenvalue weighted by Crippen LogP contribution is -2.40. The Morgan fingerprint density at radius 2 is 2.12 bits per heavy atom. The third kappa shape index (κ3) is 3.89. The van der Waals surface area contributed by atoms with Gasteiger partial charge in [0.2, 0.25) is 0 Å². The van der Waals surface area contributed by atoms with E-state index in [2.05, 4.69) is 15.6 Å². The van der Waals surface area contributed by atoms with Crippen molar-refractivity contribution in [1.82, 2.24) is 15.6 Å². The van der Waals surface area contributed by atoms with Crippen LogP contribution >= 0.6 is 0 Å². The zero-order chi connectivity index (χ0) is 16.9. The van der Waals surface area contributed by atoms with Gasteiger partial charge in [0.25, 0.3) is 0 Å². The number of rotatable bonds is 4. The van der Waals surface area contributed by atoms with Gasteiger partial charge in [-0.05, 0) is 60.2 Å². The molecule has 1 aliphatic rings. The monoisotopic (exact) mass is 329 g/mol. The number of aliphatic hydroxyl groups excluding tert-OH is 1. The first kappa shape index (κ1) is 16.4. The molecule has 126 valence electrons. The van der Waals surface area contributed by atoms with Crippen LogP contribution in [0.15, 0.2) is 42.7 Å². The fourth-order valence-electron chi connectivity index (χ4n) is 3.03. The number of carbonyl (C=O) groups excluding carboxylic acids is 1. The Labute approximate surface area is 139 Å². The van der Waals surface area contributed by atoms with Crippen LogP contribution in [-0.4, -0.2) is 22.7 Å². The van der Waals surface area contributed by atoms with Gasteiger partial charge in [0.05, 0.1) is 12.1 Å². The molecule has 24 heavy (non-hydrogen) atoms. The molecule has 2 amide bonds. The molecule has 0 bridgehead atoms. The number of amides is 2. The lowest BCUT2D eigenvalue weighted by Gasteiger charge is -2.26. The summed E-state index contributed by atoms with van der Waals surface area (Å²) in [6.45, 7) is 0.110. The van der Waals surface area contributed by atoms with Crippen LogP contribution in [-0.2, 0) is 6.42 Å². The van der Waals surface area contributed by atoms with Crippen LogP contribution in [0.25, 0.3) is 0 Å². The average molecular weight is 329 g/mol. The lowest BCUT2D eigenvalue weighted by atomic mass is 9.88. The van der Waals surface area contributed by atoms with Gasteiger partial charge >= 0.3 is 6.03 Å². The van der Waals surface area contributed by atoms with Gasteiger partial charge in [-0.2, -0.15) is 0 Å². The van der Waals surface area contributed by atoms with Crippen LogP contribution in [0.3, 0.4) is 0 Å². The first-order valence-corrected chi connectivity index (χ1v) is 8.04. The number of hydrogen-bond acceptors (Lipinski definition) is 3. The number of carbonyl (C=O) groups is 1. The Balaban J connectivity index is 1.56. The number of pyridine rings is 1. The Bertz CT molecular complexity index is 709. The molecule has 1 aliphatic carbocycles. The summed E-state index contributed by atoms with van der Waals surface area (Å²) in [5.41, 5.74) is 2.61. The normalized spacial score (nSPS) is 17.7. The highest BCUT2D eigenvalue weighted by atomic mass is 19.1. The highest BCUT2D eigenvalue weighted by molar-refractivity contribution is 5.74. The zero-order valence-corrected chi connectivity index (χ0v) is 13.2. The molecule has 0 saturated carbocycles. The smallest absolute Gasteiger partial charge is 0.315 e. The summed E-state index contributed by atoms with van der Waals surface area (Å²) in [7, 11) is 0.